The number of nitrogens with zero attached hydrogens (tertiary/aromatic N) is 2. The number of anilines is 1. The standard InChI is InChI=1S/C15H17N3O4S/c1-18(12-7-8-23(20,21)10-12)15(19)16-14-9-13(22-17-14)11-5-3-2-4-6-11/h2-6,9,12H,7-8,10H2,1H3,(H,16,17,19). The topological polar surface area (TPSA) is 92.5 Å². The fraction of sp³-hybridized carbons (Fsp3) is 0.333. The minimum absolute atomic E-state index is 0.00496. The fourth-order valence-corrected chi connectivity index (χ4v) is 4.29. The fourth-order valence-electron chi connectivity index (χ4n) is 2.52. The average molecular weight is 335 g/mol. The summed E-state index contributed by atoms with van der Waals surface area (Å²) in [5, 5.41) is 6.44. The van der Waals surface area contributed by atoms with Crippen molar-refractivity contribution in [1.29, 1.82) is 0 Å². The molecule has 1 aromatic heterocycles. The molecule has 23 heavy (non-hydrogen) atoms. The summed E-state index contributed by atoms with van der Waals surface area (Å²) < 4.78 is 28.2. The van der Waals surface area contributed by atoms with Crippen molar-refractivity contribution in [3.63, 3.8) is 0 Å². The van der Waals surface area contributed by atoms with Gasteiger partial charge in [-0.05, 0) is 6.42 Å². The zero-order valence-electron chi connectivity index (χ0n) is 12.6. The van der Waals surface area contributed by atoms with Crippen molar-refractivity contribution < 1.29 is 17.7 Å². The third-order valence-corrected chi connectivity index (χ3v) is 5.63. The second-order valence-corrected chi connectivity index (χ2v) is 7.77. The normalized spacial score (nSPS) is 19.4. The van der Waals surface area contributed by atoms with Crippen LogP contribution in [0.5, 0.6) is 0 Å². The third-order valence-electron chi connectivity index (χ3n) is 3.88. The molecule has 3 rings (SSSR count). The summed E-state index contributed by atoms with van der Waals surface area (Å²) >= 11 is 0. The molecular formula is C15H17N3O4S. The molecule has 0 radical (unpaired) electrons. The van der Waals surface area contributed by atoms with Gasteiger partial charge in [-0.1, -0.05) is 35.5 Å². The van der Waals surface area contributed by atoms with Gasteiger partial charge in [0.2, 0.25) is 0 Å². The molecule has 1 fully saturated rings. The maximum atomic E-state index is 12.2. The molecule has 0 spiro atoms. The Labute approximate surface area is 134 Å². The maximum absolute atomic E-state index is 12.2. The Hall–Kier alpha value is -2.35. The van der Waals surface area contributed by atoms with Crippen LogP contribution in [0.4, 0.5) is 10.6 Å². The van der Waals surface area contributed by atoms with Crippen LogP contribution in [-0.2, 0) is 9.84 Å². The van der Waals surface area contributed by atoms with E-state index in [1.165, 1.54) is 4.90 Å². The van der Waals surface area contributed by atoms with Gasteiger partial charge in [-0.15, -0.1) is 0 Å². The molecule has 1 saturated heterocycles. The van der Waals surface area contributed by atoms with Crippen LogP contribution in [0.1, 0.15) is 6.42 Å². The van der Waals surface area contributed by atoms with E-state index >= 15 is 0 Å². The number of carbonyl (C=O) groups is 1. The molecule has 2 amide bonds. The number of sulfone groups is 1. The van der Waals surface area contributed by atoms with E-state index in [-0.39, 0.29) is 17.5 Å². The van der Waals surface area contributed by atoms with Gasteiger partial charge in [-0.25, -0.2) is 13.2 Å². The van der Waals surface area contributed by atoms with Gasteiger partial charge < -0.3 is 9.42 Å². The second kappa shape index (κ2) is 6.04. The summed E-state index contributed by atoms with van der Waals surface area (Å²) in [7, 11) is -1.45. The molecular weight excluding hydrogens is 318 g/mol. The van der Waals surface area contributed by atoms with Crippen molar-refractivity contribution in [1.82, 2.24) is 10.1 Å². The van der Waals surface area contributed by atoms with Gasteiger partial charge in [0.15, 0.2) is 21.4 Å². The van der Waals surface area contributed by atoms with Gasteiger partial charge in [0.05, 0.1) is 11.5 Å². The molecule has 1 unspecified atom stereocenters. The number of urea groups is 1. The van der Waals surface area contributed by atoms with E-state index in [1.807, 2.05) is 30.3 Å². The number of benzene rings is 1. The lowest BCUT2D eigenvalue weighted by Crippen LogP contribution is -2.40. The third kappa shape index (κ3) is 3.53. The minimum atomic E-state index is -3.03. The Bertz CT molecular complexity index is 801. The van der Waals surface area contributed by atoms with Crippen molar-refractivity contribution in [2.75, 3.05) is 23.9 Å². The van der Waals surface area contributed by atoms with Crippen molar-refractivity contribution in [3.8, 4) is 11.3 Å². The summed E-state index contributed by atoms with van der Waals surface area (Å²) in [5.41, 5.74) is 0.857. The van der Waals surface area contributed by atoms with Gasteiger partial charge in [-0.2, -0.15) is 0 Å². The van der Waals surface area contributed by atoms with Crippen molar-refractivity contribution in [3.05, 3.63) is 36.4 Å². The lowest BCUT2D eigenvalue weighted by molar-refractivity contribution is 0.209. The zero-order chi connectivity index (χ0) is 16.4. The highest BCUT2D eigenvalue weighted by atomic mass is 32.2. The van der Waals surface area contributed by atoms with Crippen molar-refractivity contribution >= 4 is 21.7 Å². The molecule has 1 aliphatic heterocycles. The number of amides is 2. The van der Waals surface area contributed by atoms with Gasteiger partial charge in [0, 0.05) is 24.7 Å². The largest absolute Gasteiger partial charge is 0.354 e. The van der Waals surface area contributed by atoms with Crippen molar-refractivity contribution in [2.45, 2.75) is 12.5 Å². The number of hydrogen-bond acceptors (Lipinski definition) is 5. The van der Waals surface area contributed by atoms with Crippen molar-refractivity contribution in [2.24, 2.45) is 0 Å². The maximum Gasteiger partial charge on any atom is 0.323 e. The molecule has 2 heterocycles. The van der Waals surface area contributed by atoms with Crippen LogP contribution in [0.3, 0.4) is 0 Å². The lowest BCUT2D eigenvalue weighted by Gasteiger charge is -2.22. The van der Waals surface area contributed by atoms with Gasteiger partial charge in [-0.3, -0.25) is 5.32 Å². The molecule has 1 aromatic carbocycles. The number of rotatable bonds is 3. The molecule has 0 saturated carbocycles. The Morgan fingerprint density at radius 1 is 1.35 bits per heavy atom. The van der Waals surface area contributed by atoms with Crippen LogP contribution in [0.2, 0.25) is 0 Å². The van der Waals surface area contributed by atoms with E-state index in [1.54, 1.807) is 13.1 Å². The molecule has 1 aliphatic rings. The Kier molecular flexibility index (Phi) is 4.08. The van der Waals surface area contributed by atoms with E-state index in [0.29, 0.717) is 18.0 Å². The highest BCUT2D eigenvalue weighted by Crippen LogP contribution is 2.23. The van der Waals surface area contributed by atoms with E-state index < -0.39 is 15.9 Å². The van der Waals surface area contributed by atoms with E-state index in [2.05, 4.69) is 10.5 Å². The van der Waals surface area contributed by atoms with Gasteiger partial charge in [0.25, 0.3) is 0 Å². The van der Waals surface area contributed by atoms with E-state index in [0.717, 1.165) is 5.56 Å². The van der Waals surface area contributed by atoms with Crippen LogP contribution in [0, 0.1) is 0 Å². The summed E-state index contributed by atoms with van der Waals surface area (Å²) in [4.78, 5) is 13.6. The summed E-state index contributed by atoms with van der Waals surface area (Å²) in [6, 6.07) is 10.3. The zero-order valence-corrected chi connectivity index (χ0v) is 13.4. The summed E-state index contributed by atoms with van der Waals surface area (Å²) in [6.07, 6.45) is 0.459. The van der Waals surface area contributed by atoms with Crippen LogP contribution in [-0.4, -0.2) is 49.1 Å². The Morgan fingerprint density at radius 2 is 2.09 bits per heavy atom. The predicted octanol–water partition coefficient (Wildman–Crippen LogP) is 1.99. The van der Waals surface area contributed by atoms with Crippen LogP contribution in [0.25, 0.3) is 11.3 Å². The van der Waals surface area contributed by atoms with Gasteiger partial charge in [0.1, 0.15) is 0 Å². The number of nitrogens with one attached hydrogen (secondary N) is 1. The molecule has 0 bridgehead atoms. The molecule has 1 atom stereocenters. The summed E-state index contributed by atoms with van der Waals surface area (Å²) in [6.45, 7) is 0. The monoisotopic (exact) mass is 335 g/mol. The first-order chi connectivity index (χ1) is 10.9. The Morgan fingerprint density at radius 3 is 2.74 bits per heavy atom. The average Bonchev–Trinajstić information content (AvgIpc) is 3.14. The smallest absolute Gasteiger partial charge is 0.323 e. The number of carbonyl (C=O) groups excluding carboxylic acids is 1. The minimum Gasteiger partial charge on any atom is -0.354 e. The molecule has 122 valence electrons. The van der Waals surface area contributed by atoms with Crippen LogP contribution < -0.4 is 5.32 Å². The second-order valence-electron chi connectivity index (χ2n) is 5.54. The molecule has 0 aliphatic carbocycles. The van der Waals surface area contributed by atoms with Crippen LogP contribution >= 0.6 is 0 Å². The quantitative estimate of drug-likeness (QED) is 0.926. The van der Waals surface area contributed by atoms with Crippen LogP contribution in [0.15, 0.2) is 40.9 Å². The molecule has 2 aromatic rings. The van der Waals surface area contributed by atoms with E-state index in [4.69, 9.17) is 4.52 Å². The predicted molar refractivity (Wildman–Crippen MR) is 85.8 cm³/mol. The molecule has 7 nitrogen and oxygen atoms in total. The first-order valence-electron chi connectivity index (χ1n) is 7.21. The molecule has 8 heteroatoms. The SMILES string of the molecule is CN(C(=O)Nc1cc(-c2ccccc2)on1)C1CCS(=O)(=O)C1. The Balaban J connectivity index is 1.66. The first-order valence-corrected chi connectivity index (χ1v) is 9.03. The summed E-state index contributed by atoms with van der Waals surface area (Å²) in [5.74, 6) is 0.969. The number of aromatic nitrogens is 1. The molecule has 1 N–H and O–H groups in total. The van der Waals surface area contributed by atoms with Gasteiger partial charge >= 0.3 is 6.03 Å². The highest BCUT2D eigenvalue weighted by Gasteiger charge is 2.32. The van der Waals surface area contributed by atoms with E-state index in [9.17, 15) is 13.2 Å². The lowest BCUT2D eigenvalue weighted by atomic mass is 10.2. The number of hydrogen-bond donors (Lipinski definition) is 1. The highest BCUT2D eigenvalue weighted by molar-refractivity contribution is 7.91. The first kappa shape index (κ1) is 15.5.